The van der Waals surface area contributed by atoms with Gasteiger partial charge < -0.3 is 0 Å². The Bertz CT molecular complexity index is 535. The zero-order valence-electron chi connectivity index (χ0n) is 8.88. The SMILES string of the molecule is O=C/C(=C\c1ccncn1)c1ccc(F)cc1. The van der Waals surface area contributed by atoms with Crippen molar-refractivity contribution in [3.05, 3.63) is 59.9 Å². The number of hydrogen-bond donors (Lipinski definition) is 0. The van der Waals surface area contributed by atoms with Crippen molar-refractivity contribution in [2.75, 3.05) is 0 Å². The van der Waals surface area contributed by atoms with E-state index < -0.39 is 0 Å². The van der Waals surface area contributed by atoms with Gasteiger partial charge in [0.25, 0.3) is 0 Å². The molecule has 0 radical (unpaired) electrons. The average molecular weight is 228 g/mol. The molecule has 0 aliphatic carbocycles. The second-order valence-electron chi connectivity index (χ2n) is 3.36. The molecule has 0 saturated heterocycles. The lowest BCUT2D eigenvalue weighted by Gasteiger charge is -2.00. The third-order valence-electron chi connectivity index (χ3n) is 2.21. The van der Waals surface area contributed by atoms with Gasteiger partial charge >= 0.3 is 0 Å². The predicted molar refractivity (Wildman–Crippen MR) is 62.4 cm³/mol. The van der Waals surface area contributed by atoms with Gasteiger partial charge in [-0.05, 0) is 29.8 Å². The summed E-state index contributed by atoms with van der Waals surface area (Å²) < 4.78 is 12.8. The van der Waals surface area contributed by atoms with Crippen molar-refractivity contribution in [1.29, 1.82) is 0 Å². The van der Waals surface area contributed by atoms with Crippen molar-refractivity contribution in [1.82, 2.24) is 9.97 Å². The van der Waals surface area contributed by atoms with Crippen molar-refractivity contribution in [2.24, 2.45) is 0 Å². The van der Waals surface area contributed by atoms with E-state index in [0.29, 0.717) is 16.8 Å². The first kappa shape index (κ1) is 11.1. The third-order valence-corrected chi connectivity index (χ3v) is 2.21. The molecule has 2 aromatic rings. The molecule has 4 heteroatoms. The maximum absolute atomic E-state index is 12.8. The van der Waals surface area contributed by atoms with Crippen molar-refractivity contribution < 1.29 is 9.18 Å². The van der Waals surface area contributed by atoms with Crippen LogP contribution in [-0.2, 0) is 4.79 Å². The number of nitrogens with zero attached hydrogens (tertiary/aromatic N) is 2. The van der Waals surface area contributed by atoms with Gasteiger partial charge in [-0.2, -0.15) is 0 Å². The monoisotopic (exact) mass is 228 g/mol. The Morgan fingerprint density at radius 1 is 1.18 bits per heavy atom. The van der Waals surface area contributed by atoms with E-state index in [0.717, 1.165) is 6.29 Å². The van der Waals surface area contributed by atoms with Gasteiger partial charge in [0.2, 0.25) is 0 Å². The van der Waals surface area contributed by atoms with Gasteiger partial charge in [-0.15, -0.1) is 0 Å². The maximum atomic E-state index is 12.8. The molecule has 0 bridgehead atoms. The molecule has 0 spiro atoms. The lowest BCUT2D eigenvalue weighted by Crippen LogP contribution is -1.88. The second-order valence-corrected chi connectivity index (χ2v) is 3.36. The van der Waals surface area contributed by atoms with Crippen LogP contribution in [0, 0.1) is 5.82 Å². The summed E-state index contributed by atoms with van der Waals surface area (Å²) in [5, 5.41) is 0. The zero-order chi connectivity index (χ0) is 12.1. The summed E-state index contributed by atoms with van der Waals surface area (Å²) in [6.07, 6.45) is 5.34. The fourth-order valence-electron chi connectivity index (χ4n) is 1.37. The minimum absolute atomic E-state index is 0.332. The molecule has 0 fully saturated rings. The number of allylic oxidation sites excluding steroid dienone is 1. The number of carbonyl (C=O) groups excluding carboxylic acids is 1. The largest absolute Gasteiger partial charge is 0.298 e. The Morgan fingerprint density at radius 3 is 2.53 bits per heavy atom. The molecule has 1 heterocycles. The lowest BCUT2D eigenvalue weighted by molar-refractivity contribution is -0.103. The molecule has 1 aromatic heterocycles. The van der Waals surface area contributed by atoms with Crippen molar-refractivity contribution in [3.8, 4) is 0 Å². The van der Waals surface area contributed by atoms with Crippen LogP contribution >= 0.6 is 0 Å². The van der Waals surface area contributed by atoms with E-state index in [1.807, 2.05) is 0 Å². The molecule has 0 unspecified atom stereocenters. The number of halogens is 1. The summed E-state index contributed by atoms with van der Waals surface area (Å²) in [6.45, 7) is 0. The van der Waals surface area contributed by atoms with Crippen LogP contribution in [0.5, 0.6) is 0 Å². The Labute approximate surface area is 97.7 Å². The summed E-state index contributed by atoms with van der Waals surface area (Å²) in [5.74, 6) is -0.332. The molecule has 0 amide bonds. The molecular weight excluding hydrogens is 219 g/mol. The number of aromatic nitrogens is 2. The quantitative estimate of drug-likeness (QED) is 0.598. The number of aldehydes is 1. The van der Waals surface area contributed by atoms with Gasteiger partial charge in [-0.1, -0.05) is 12.1 Å². The molecule has 3 nitrogen and oxygen atoms in total. The smallest absolute Gasteiger partial charge is 0.150 e. The van der Waals surface area contributed by atoms with Crippen LogP contribution in [0.2, 0.25) is 0 Å². The van der Waals surface area contributed by atoms with E-state index in [-0.39, 0.29) is 5.82 Å². The molecule has 2 rings (SSSR count). The van der Waals surface area contributed by atoms with Gasteiger partial charge in [-0.25, -0.2) is 14.4 Å². The van der Waals surface area contributed by atoms with E-state index >= 15 is 0 Å². The van der Waals surface area contributed by atoms with E-state index in [1.54, 1.807) is 30.5 Å². The van der Waals surface area contributed by atoms with E-state index in [4.69, 9.17) is 0 Å². The van der Waals surface area contributed by atoms with Crippen LogP contribution < -0.4 is 0 Å². The van der Waals surface area contributed by atoms with Gasteiger partial charge in [-0.3, -0.25) is 4.79 Å². The van der Waals surface area contributed by atoms with Crippen LogP contribution in [0.4, 0.5) is 4.39 Å². The highest BCUT2D eigenvalue weighted by Gasteiger charge is 2.01. The number of benzene rings is 1. The summed E-state index contributed by atoms with van der Waals surface area (Å²) in [7, 11) is 0. The maximum Gasteiger partial charge on any atom is 0.150 e. The summed E-state index contributed by atoms with van der Waals surface area (Å²) in [5.41, 5.74) is 1.73. The standard InChI is InChI=1S/C13H9FN2O/c14-12-3-1-10(2-4-12)11(8-17)7-13-5-6-15-9-16-13/h1-9H/b11-7+. The Morgan fingerprint density at radius 2 is 1.94 bits per heavy atom. The van der Waals surface area contributed by atoms with Crippen LogP contribution in [0.1, 0.15) is 11.3 Å². The van der Waals surface area contributed by atoms with Crippen LogP contribution in [0.15, 0.2) is 42.9 Å². The van der Waals surface area contributed by atoms with Gasteiger partial charge in [0.05, 0.1) is 5.69 Å². The van der Waals surface area contributed by atoms with Crippen molar-refractivity contribution >= 4 is 17.9 Å². The Kier molecular flexibility index (Phi) is 3.35. The molecule has 0 atom stereocenters. The summed E-state index contributed by atoms with van der Waals surface area (Å²) in [6, 6.07) is 7.42. The number of rotatable bonds is 3. The highest BCUT2D eigenvalue weighted by molar-refractivity contribution is 6.13. The van der Waals surface area contributed by atoms with E-state index in [9.17, 15) is 9.18 Å². The fraction of sp³-hybridized carbons (Fsp3) is 0. The third kappa shape index (κ3) is 2.81. The molecular formula is C13H9FN2O. The number of hydrogen-bond acceptors (Lipinski definition) is 3. The first-order chi connectivity index (χ1) is 8.29. The minimum atomic E-state index is -0.332. The lowest BCUT2D eigenvalue weighted by atomic mass is 10.1. The first-order valence-electron chi connectivity index (χ1n) is 4.98. The van der Waals surface area contributed by atoms with Crippen molar-refractivity contribution in [2.45, 2.75) is 0 Å². The van der Waals surface area contributed by atoms with E-state index in [2.05, 4.69) is 9.97 Å². The molecule has 1 aromatic carbocycles. The topological polar surface area (TPSA) is 42.9 Å². The molecule has 0 aliphatic heterocycles. The van der Waals surface area contributed by atoms with Crippen molar-refractivity contribution in [3.63, 3.8) is 0 Å². The molecule has 0 saturated carbocycles. The predicted octanol–water partition coefficient (Wildman–Crippen LogP) is 2.36. The van der Waals surface area contributed by atoms with Crippen LogP contribution in [0.3, 0.4) is 0 Å². The molecule has 84 valence electrons. The van der Waals surface area contributed by atoms with Gasteiger partial charge in [0.1, 0.15) is 12.1 Å². The van der Waals surface area contributed by atoms with Crippen LogP contribution in [0.25, 0.3) is 11.6 Å². The van der Waals surface area contributed by atoms with E-state index in [1.165, 1.54) is 18.5 Å². The highest BCUT2D eigenvalue weighted by Crippen LogP contribution is 2.15. The Balaban J connectivity index is 2.37. The zero-order valence-corrected chi connectivity index (χ0v) is 8.88. The summed E-state index contributed by atoms with van der Waals surface area (Å²) >= 11 is 0. The molecule has 0 N–H and O–H groups in total. The highest BCUT2D eigenvalue weighted by atomic mass is 19.1. The summed E-state index contributed by atoms with van der Waals surface area (Å²) in [4.78, 5) is 18.8. The Hall–Kier alpha value is -2.36. The fourth-order valence-corrected chi connectivity index (χ4v) is 1.37. The number of carbonyl (C=O) groups is 1. The first-order valence-corrected chi connectivity index (χ1v) is 4.98. The normalized spacial score (nSPS) is 11.2. The molecule has 17 heavy (non-hydrogen) atoms. The average Bonchev–Trinajstić information content (AvgIpc) is 2.38. The second kappa shape index (κ2) is 5.12. The van der Waals surface area contributed by atoms with Gasteiger partial charge in [0.15, 0.2) is 6.29 Å². The van der Waals surface area contributed by atoms with Gasteiger partial charge in [0, 0.05) is 11.8 Å². The molecule has 0 aliphatic rings. The minimum Gasteiger partial charge on any atom is -0.298 e. The van der Waals surface area contributed by atoms with Crippen LogP contribution in [-0.4, -0.2) is 16.3 Å².